The van der Waals surface area contributed by atoms with Crippen LogP contribution >= 0.6 is 0 Å². The van der Waals surface area contributed by atoms with Gasteiger partial charge in [-0.2, -0.15) is 4.31 Å². The van der Waals surface area contributed by atoms with Crippen molar-refractivity contribution in [3.8, 4) is 23.0 Å². The van der Waals surface area contributed by atoms with E-state index < -0.39 is 10.0 Å². The lowest BCUT2D eigenvalue weighted by molar-refractivity contribution is 0.352. The highest BCUT2D eigenvalue weighted by Crippen LogP contribution is 2.42. The topological polar surface area (TPSA) is 74.3 Å². The van der Waals surface area contributed by atoms with Crippen LogP contribution in [0.5, 0.6) is 23.0 Å². The standard InChI is InChI=1S/C20H25NO6S/c1-24-14-7-9-18(25-2)16(12-14)17-6-5-11-21(17)28(22,23)15-8-10-19(26-3)20(13-15)27-4/h7-10,12-13,17H,5-6,11H2,1-4H3/t17-/m1/s1. The smallest absolute Gasteiger partial charge is 0.243 e. The fourth-order valence-corrected chi connectivity index (χ4v) is 5.24. The van der Waals surface area contributed by atoms with Gasteiger partial charge in [-0.1, -0.05) is 0 Å². The molecule has 2 aromatic rings. The van der Waals surface area contributed by atoms with Crippen LogP contribution < -0.4 is 18.9 Å². The van der Waals surface area contributed by atoms with Crippen molar-refractivity contribution >= 4 is 10.0 Å². The Bertz CT molecular complexity index is 944. The molecule has 1 aliphatic heterocycles. The van der Waals surface area contributed by atoms with Crippen LogP contribution in [-0.4, -0.2) is 47.7 Å². The van der Waals surface area contributed by atoms with E-state index in [1.54, 1.807) is 32.4 Å². The Morgan fingerprint density at radius 1 is 0.857 bits per heavy atom. The first-order valence-electron chi connectivity index (χ1n) is 8.92. The van der Waals surface area contributed by atoms with Gasteiger partial charge in [0, 0.05) is 18.2 Å². The van der Waals surface area contributed by atoms with Crippen LogP contribution in [0.3, 0.4) is 0 Å². The number of hydrogen-bond acceptors (Lipinski definition) is 6. The summed E-state index contributed by atoms with van der Waals surface area (Å²) in [6.07, 6.45) is 1.47. The predicted molar refractivity (Wildman–Crippen MR) is 105 cm³/mol. The quantitative estimate of drug-likeness (QED) is 0.701. The van der Waals surface area contributed by atoms with Crippen molar-refractivity contribution in [3.05, 3.63) is 42.0 Å². The van der Waals surface area contributed by atoms with E-state index in [1.165, 1.54) is 30.7 Å². The van der Waals surface area contributed by atoms with Crippen LogP contribution in [0.2, 0.25) is 0 Å². The lowest BCUT2D eigenvalue weighted by Gasteiger charge is -2.26. The van der Waals surface area contributed by atoms with Crippen LogP contribution in [0.15, 0.2) is 41.3 Å². The number of sulfonamides is 1. The molecule has 0 bridgehead atoms. The molecule has 1 heterocycles. The summed E-state index contributed by atoms with van der Waals surface area (Å²) in [5, 5.41) is 0. The molecule has 7 nitrogen and oxygen atoms in total. The zero-order valence-electron chi connectivity index (χ0n) is 16.5. The van der Waals surface area contributed by atoms with Crippen LogP contribution in [0, 0.1) is 0 Å². The SMILES string of the molecule is COc1ccc(OC)c([C@H]2CCCN2S(=O)(=O)c2ccc(OC)c(OC)c2)c1. The average Bonchev–Trinajstić information content (AvgIpc) is 3.23. The van der Waals surface area contributed by atoms with E-state index in [0.717, 1.165) is 12.0 Å². The molecule has 0 saturated carbocycles. The maximum atomic E-state index is 13.4. The zero-order valence-corrected chi connectivity index (χ0v) is 17.3. The van der Waals surface area contributed by atoms with Crippen LogP contribution in [0.4, 0.5) is 0 Å². The van der Waals surface area contributed by atoms with Gasteiger partial charge in [0.05, 0.1) is 39.4 Å². The second-order valence-corrected chi connectivity index (χ2v) is 8.29. The van der Waals surface area contributed by atoms with Gasteiger partial charge < -0.3 is 18.9 Å². The Hall–Kier alpha value is -2.45. The molecule has 152 valence electrons. The highest BCUT2D eigenvalue weighted by molar-refractivity contribution is 7.89. The van der Waals surface area contributed by atoms with Crippen LogP contribution in [0.25, 0.3) is 0 Å². The summed E-state index contributed by atoms with van der Waals surface area (Å²) in [6, 6.07) is 9.73. The van der Waals surface area contributed by atoms with Gasteiger partial charge in [-0.15, -0.1) is 0 Å². The number of rotatable bonds is 7. The molecule has 1 aliphatic rings. The molecule has 1 atom stereocenters. The predicted octanol–water partition coefficient (Wildman–Crippen LogP) is 3.25. The van der Waals surface area contributed by atoms with Crippen LogP contribution in [-0.2, 0) is 10.0 Å². The number of nitrogens with zero attached hydrogens (tertiary/aromatic N) is 1. The molecule has 8 heteroatoms. The third-order valence-corrected chi connectivity index (χ3v) is 6.87. The first-order chi connectivity index (χ1) is 13.5. The summed E-state index contributed by atoms with van der Waals surface area (Å²) in [7, 11) is 2.41. The molecular weight excluding hydrogens is 382 g/mol. The Morgan fingerprint density at radius 2 is 1.54 bits per heavy atom. The van der Waals surface area contributed by atoms with E-state index in [4.69, 9.17) is 18.9 Å². The monoisotopic (exact) mass is 407 g/mol. The number of ether oxygens (including phenoxy) is 4. The van der Waals surface area contributed by atoms with Crippen molar-refractivity contribution in [2.24, 2.45) is 0 Å². The van der Waals surface area contributed by atoms with Crippen molar-refractivity contribution < 1.29 is 27.4 Å². The van der Waals surface area contributed by atoms with Gasteiger partial charge in [0.2, 0.25) is 10.0 Å². The van der Waals surface area contributed by atoms with E-state index in [0.29, 0.717) is 36.0 Å². The minimum absolute atomic E-state index is 0.166. The molecule has 2 aromatic carbocycles. The largest absolute Gasteiger partial charge is 0.497 e. The van der Waals surface area contributed by atoms with Crippen molar-refractivity contribution in [1.29, 1.82) is 0 Å². The van der Waals surface area contributed by atoms with E-state index in [2.05, 4.69) is 0 Å². The molecule has 0 amide bonds. The third kappa shape index (κ3) is 3.62. The summed E-state index contributed by atoms with van der Waals surface area (Å²) >= 11 is 0. The van der Waals surface area contributed by atoms with Gasteiger partial charge in [-0.25, -0.2) is 8.42 Å². The van der Waals surface area contributed by atoms with E-state index in [1.807, 2.05) is 6.07 Å². The van der Waals surface area contributed by atoms with Gasteiger partial charge in [0.1, 0.15) is 11.5 Å². The van der Waals surface area contributed by atoms with E-state index in [9.17, 15) is 8.42 Å². The minimum Gasteiger partial charge on any atom is -0.497 e. The molecule has 0 spiro atoms. The lowest BCUT2D eigenvalue weighted by atomic mass is 10.0. The molecule has 28 heavy (non-hydrogen) atoms. The fourth-order valence-electron chi connectivity index (χ4n) is 3.55. The Labute approximate surface area is 165 Å². The van der Waals surface area contributed by atoms with Crippen molar-refractivity contribution in [2.75, 3.05) is 35.0 Å². The Balaban J connectivity index is 2.03. The van der Waals surface area contributed by atoms with E-state index in [-0.39, 0.29) is 10.9 Å². The van der Waals surface area contributed by atoms with Crippen molar-refractivity contribution in [3.63, 3.8) is 0 Å². The minimum atomic E-state index is -3.74. The van der Waals surface area contributed by atoms with Gasteiger partial charge in [0.15, 0.2) is 11.5 Å². The highest BCUT2D eigenvalue weighted by Gasteiger charge is 2.38. The maximum absolute atomic E-state index is 13.4. The molecule has 3 rings (SSSR count). The van der Waals surface area contributed by atoms with Crippen molar-refractivity contribution in [2.45, 2.75) is 23.8 Å². The second kappa shape index (κ2) is 8.28. The summed E-state index contributed by atoms with van der Waals surface area (Å²) in [6.45, 7) is 0.432. The average molecular weight is 407 g/mol. The number of hydrogen-bond donors (Lipinski definition) is 0. The molecular formula is C20H25NO6S. The molecule has 1 fully saturated rings. The first-order valence-corrected chi connectivity index (χ1v) is 10.4. The van der Waals surface area contributed by atoms with Crippen LogP contribution in [0.1, 0.15) is 24.4 Å². The summed E-state index contributed by atoms with van der Waals surface area (Å²) < 4.78 is 49.6. The van der Waals surface area contributed by atoms with Crippen molar-refractivity contribution in [1.82, 2.24) is 4.31 Å². The number of benzene rings is 2. The molecule has 0 aliphatic carbocycles. The highest BCUT2D eigenvalue weighted by atomic mass is 32.2. The number of methoxy groups -OCH3 is 4. The van der Waals surface area contributed by atoms with Gasteiger partial charge in [-0.3, -0.25) is 0 Å². The summed E-state index contributed by atoms with van der Waals surface area (Å²) in [5.74, 6) is 2.15. The lowest BCUT2D eigenvalue weighted by Crippen LogP contribution is -2.31. The molecule has 0 N–H and O–H groups in total. The summed E-state index contributed by atoms with van der Waals surface area (Å²) in [4.78, 5) is 0.166. The first kappa shape index (κ1) is 20.3. The molecule has 1 saturated heterocycles. The molecule has 0 unspecified atom stereocenters. The normalized spacial score (nSPS) is 17.4. The van der Waals surface area contributed by atoms with Gasteiger partial charge in [-0.05, 0) is 43.2 Å². The summed E-state index contributed by atoms with van der Waals surface area (Å²) in [5.41, 5.74) is 0.795. The molecule has 0 radical (unpaired) electrons. The zero-order chi connectivity index (χ0) is 20.3. The second-order valence-electron chi connectivity index (χ2n) is 6.40. The Morgan fingerprint density at radius 3 is 2.18 bits per heavy atom. The maximum Gasteiger partial charge on any atom is 0.243 e. The fraction of sp³-hybridized carbons (Fsp3) is 0.400. The van der Waals surface area contributed by atoms with Gasteiger partial charge in [0.25, 0.3) is 0 Å². The van der Waals surface area contributed by atoms with Gasteiger partial charge >= 0.3 is 0 Å². The third-order valence-electron chi connectivity index (χ3n) is 4.96. The molecule has 0 aromatic heterocycles. The van der Waals surface area contributed by atoms with E-state index >= 15 is 0 Å². The Kier molecular flexibility index (Phi) is 6.00.